The van der Waals surface area contributed by atoms with E-state index in [1.807, 2.05) is 11.8 Å². The second-order valence-electron chi connectivity index (χ2n) is 4.33. The minimum atomic E-state index is 0.357. The minimum absolute atomic E-state index is 0.357. The van der Waals surface area contributed by atoms with E-state index in [1.54, 1.807) is 0 Å². The van der Waals surface area contributed by atoms with Crippen LogP contribution in [0.3, 0.4) is 0 Å². The maximum Gasteiger partial charge on any atom is 0.205 e. The molecule has 1 rings (SSSR count). The molecule has 1 fully saturated rings. The average Bonchev–Trinajstić information content (AvgIpc) is 2.79. The Bertz CT molecular complexity index is 224. The van der Waals surface area contributed by atoms with Crippen molar-refractivity contribution in [2.24, 2.45) is 10.8 Å². The van der Waals surface area contributed by atoms with Gasteiger partial charge < -0.3 is 5.32 Å². The summed E-state index contributed by atoms with van der Waals surface area (Å²) < 4.78 is 0.357. The Balaban J connectivity index is 2.47. The summed E-state index contributed by atoms with van der Waals surface area (Å²) in [6.45, 7) is 3.90. The van der Waals surface area contributed by atoms with Gasteiger partial charge in [-0.25, -0.2) is 5.84 Å². The van der Waals surface area contributed by atoms with Crippen LogP contribution in [0.2, 0.25) is 0 Å². The minimum Gasteiger partial charge on any atom is -0.355 e. The van der Waals surface area contributed by atoms with E-state index in [1.165, 1.54) is 25.7 Å². The van der Waals surface area contributed by atoms with Crippen molar-refractivity contribution in [1.82, 2.24) is 10.7 Å². The number of rotatable bonds is 5. The number of hydrogen-bond donors (Lipinski definition) is 3. The van der Waals surface area contributed by atoms with E-state index in [0.717, 1.165) is 25.5 Å². The third kappa shape index (κ3) is 3.87. The first-order valence-corrected chi connectivity index (χ1v) is 7.29. The van der Waals surface area contributed by atoms with Gasteiger partial charge in [0.25, 0.3) is 0 Å². The summed E-state index contributed by atoms with van der Waals surface area (Å²) in [6, 6.07) is 0. The van der Waals surface area contributed by atoms with Crippen molar-refractivity contribution in [3.63, 3.8) is 0 Å². The SMILES string of the molecule is CCCNC(=NCC1(SC)CCCC1)NN. The van der Waals surface area contributed by atoms with Gasteiger partial charge in [-0.1, -0.05) is 19.8 Å². The van der Waals surface area contributed by atoms with Crippen molar-refractivity contribution >= 4 is 17.7 Å². The maximum atomic E-state index is 5.43. The van der Waals surface area contributed by atoms with E-state index in [-0.39, 0.29) is 0 Å². The maximum absolute atomic E-state index is 5.43. The van der Waals surface area contributed by atoms with E-state index < -0.39 is 0 Å². The first kappa shape index (κ1) is 13.6. The van der Waals surface area contributed by atoms with Gasteiger partial charge in [-0.15, -0.1) is 0 Å². The number of nitrogens with zero attached hydrogens (tertiary/aromatic N) is 1. The van der Waals surface area contributed by atoms with Crippen LogP contribution in [0.1, 0.15) is 39.0 Å². The van der Waals surface area contributed by atoms with E-state index in [9.17, 15) is 0 Å². The molecule has 0 radical (unpaired) electrons. The van der Waals surface area contributed by atoms with Crippen LogP contribution in [0.4, 0.5) is 0 Å². The molecule has 16 heavy (non-hydrogen) atoms. The molecule has 0 bridgehead atoms. The summed E-state index contributed by atoms with van der Waals surface area (Å²) in [7, 11) is 0. The fraction of sp³-hybridized carbons (Fsp3) is 0.909. The summed E-state index contributed by atoms with van der Waals surface area (Å²) in [5.74, 6) is 6.16. The topological polar surface area (TPSA) is 62.4 Å². The smallest absolute Gasteiger partial charge is 0.205 e. The van der Waals surface area contributed by atoms with E-state index in [4.69, 9.17) is 5.84 Å². The first-order valence-electron chi connectivity index (χ1n) is 6.06. The Morgan fingerprint density at radius 2 is 2.12 bits per heavy atom. The molecule has 0 amide bonds. The predicted molar refractivity (Wildman–Crippen MR) is 72.6 cm³/mol. The van der Waals surface area contributed by atoms with Crippen LogP contribution in [0.25, 0.3) is 0 Å². The van der Waals surface area contributed by atoms with E-state index >= 15 is 0 Å². The molecule has 1 aliphatic rings. The highest BCUT2D eigenvalue weighted by atomic mass is 32.2. The summed E-state index contributed by atoms with van der Waals surface area (Å²) in [6.07, 6.45) is 8.51. The van der Waals surface area contributed by atoms with Crippen LogP contribution < -0.4 is 16.6 Å². The molecular formula is C11H24N4S. The van der Waals surface area contributed by atoms with Gasteiger partial charge in [0, 0.05) is 11.3 Å². The van der Waals surface area contributed by atoms with E-state index in [2.05, 4.69) is 28.9 Å². The molecule has 4 N–H and O–H groups in total. The Morgan fingerprint density at radius 3 is 2.62 bits per heavy atom. The van der Waals surface area contributed by atoms with Crippen molar-refractivity contribution in [2.75, 3.05) is 19.3 Å². The van der Waals surface area contributed by atoms with Gasteiger partial charge >= 0.3 is 0 Å². The van der Waals surface area contributed by atoms with E-state index in [0.29, 0.717) is 4.75 Å². The van der Waals surface area contributed by atoms with Crippen LogP contribution in [-0.2, 0) is 0 Å². The second kappa shape index (κ2) is 7.01. The molecule has 0 unspecified atom stereocenters. The molecule has 94 valence electrons. The summed E-state index contributed by atoms with van der Waals surface area (Å²) in [4.78, 5) is 4.55. The molecule has 0 aliphatic heterocycles. The van der Waals surface area contributed by atoms with Crippen LogP contribution in [0.15, 0.2) is 4.99 Å². The van der Waals surface area contributed by atoms with Crippen LogP contribution in [0.5, 0.6) is 0 Å². The lowest BCUT2D eigenvalue weighted by atomic mass is 10.1. The fourth-order valence-electron chi connectivity index (χ4n) is 2.07. The number of hydrogen-bond acceptors (Lipinski definition) is 3. The molecule has 0 aromatic rings. The van der Waals surface area contributed by atoms with Gasteiger partial charge in [0.15, 0.2) is 0 Å². The Kier molecular flexibility index (Phi) is 5.98. The lowest BCUT2D eigenvalue weighted by Crippen LogP contribution is -2.42. The van der Waals surface area contributed by atoms with Gasteiger partial charge in [-0.05, 0) is 25.5 Å². The molecule has 0 saturated heterocycles. The molecule has 0 aromatic carbocycles. The summed E-state index contributed by atoms with van der Waals surface area (Å²) in [5.41, 5.74) is 2.63. The van der Waals surface area contributed by atoms with Crippen LogP contribution >= 0.6 is 11.8 Å². The normalized spacial score (nSPS) is 19.8. The zero-order chi connectivity index (χ0) is 11.9. The molecule has 1 saturated carbocycles. The highest BCUT2D eigenvalue weighted by Gasteiger charge is 2.32. The quantitative estimate of drug-likeness (QED) is 0.297. The summed E-state index contributed by atoms with van der Waals surface area (Å²) >= 11 is 1.95. The molecule has 1 aliphatic carbocycles. The largest absolute Gasteiger partial charge is 0.355 e. The molecule has 0 heterocycles. The molecule has 0 aromatic heterocycles. The van der Waals surface area contributed by atoms with Crippen molar-refractivity contribution in [3.8, 4) is 0 Å². The standard InChI is InChI=1S/C11H24N4S/c1-3-8-13-10(15-12)14-9-11(16-2)6-4-5-7-11/h3-9,12H2,1-2H3,(H2,13,14,15). The zero-order valence-corrected chi connectivity index (χ0v) is 11.2. The second-order valence-corrected chi connectivity index (χ2v) is 5.60. The molecule has 0 atom stereocenters. The summed E-state index contributed by atoms with van der Waals surface area (Å²) in [5, 5.41) is 3.19. The van der Waals surface area contributed by atoms with Gasteiger partial charge in [0.1, 0.15) is 0 Å². The molecule has 4 nitrogen and oxygen atoms in total. The number of nitrogens with one attached hydrogen (secondary N) is 2. The molecule has 5 heteroatoms. The molecule has 0 spiro atoms. The Hall–Kier alpha value is -0.420. The number of thioether (sulfide) groups is 1. The fourth-order valence-corrected chi connectivity index (χ4v) is 2.96. The van der Waals surface area contributed by atoms with Crippen molar-refractivity contribution in [2.45, 2.75) is 43.8 Å². The third-order valence-electron chi connectivity index (χ3n) is 3.15. The Morgan fingerprint density at radius 1 is 1.44 bits per heavy atom. The lowest BCUT2D eigenvalue weighted by Gasteiger charge is -2.24. The predicted octanol–water partition coefficient (Wildman–Crippen LogP) is 1.48. The van der Waals surface area contributed by atoms with Gasteiger partial charge in [-0.2, -0.15) is 11.8 Å². The Labute approximate surface area is 103 Å². The van der Waals surface area contributed by atoms with Crippen LogP contribution in [0, 0.1) is 0 Å². The van der Waals surface area contributed by atoms with Gasteiger partial charge in [0.05, 0.1) is 6.54 Å². The lowest BCUT2D eigenvalue weighted by molar-refractivity contribution is 0.616. The number of hydrazine groups is 1. The first-order chi connectivity index (χ1) is 7.76. The highest BCUT2D eigenvalue weighted by molar-refractivity contribution is 8.00. The van der Waals surface area contributed by atoms with Crippen molar-refractivity contribution in [1.29, 1.82) is 0 Å². The van der Waals surface area contributed by atoms with Crippen LogP contribution in [-0.4, -0.2) is 30.1 Å². The van der Waals surface area contributed by atoms with Crippen molar-refractivity contribution in [3.05, 3.63) is 0 Å². The monoisotopic (exact) mass is 244 g/mol. The number of guanidine groups is 1. The average molecular weight is 244 g/mol. The molecular weight excluding hydrogens is 220 g/mol. The zero-order valence-electron chi connectivity index (χ0n) is 10.4. The van der Waals surface area contributed by atoms with Gasteiger partial charge in [-0.3, -0.25) is 10.4 Å². The number of aliphatic imine (C=N–C) groups is 1. The number of nitrogens with two attached hydrogens (primary N) is 1. The highest BCUT2D eigenvalue weighted by Crippen LogP contribution is 2.40. The van der Waals surface area contributed by atoms with Crippen molar-refractivity contribution < 1.29 is 0 Å². The van der Waals surface area contributed by atoms with Gasteiger partial charge in [0.2, 0.25) is 5.96 Å². The third-order valence-corrected chi connectivity index (χ3v) is 4.56.